The molecule has 0 amide bonds. The molecule has 1 N–H and O–H groups in total. The first kappa shape index (κ1) is 12.3. The van der Waals surface area contributed by atoms with E-state index in [1.165, 1.54) is 0 Å². The van der Waals surface area contributed by atoms with E-state index in [9.17, 15) is 5.11 Å². The summed E-state index contributed by atoms with van der Waals surface area (Å²) in [7, 11) is 0. The third-order valence-corrected chi connectivity index (χ3v) is 2.35. The van der Waals surface area contributed by atoms with Gasteiger partial charge in [0.1, 0.15) is 0 Å². The molecule has 0 saturated heterocycles. The van der Waals surface area contributed by atoms with Gasteiger partial charge in [-0.05, 0) is 31.9 Å². The van der Waals surface area contributed by atoms with E-state index >= 15 is 0 Å². The van der Waals surface area contributed by atoms with Gasteiger partial charge in [-0.3, -0.25) is 0 Å². The predicted octanol–water partition coefficient (Wildman–Crippen LogP) is 2.36. The summed E-state index contributed by atoms with van der Waals surface area (Å²) in [4.78, 5) is 0. The molecule has 1 heterocycles. The number of rotatable bonds is 6. The topological polar surface area (TPSA) is 34.4 Å². The molecule has 1 aromatic heterocycles. The van der Waals surface area contributed by atoms with Gasteiger partial charge in [-0.25, -0.2) is 0 Å². The summed E-state index contributed by atoms with van der Waals surface area (Å²) >= 11 is 0. The Morgan fingerprint density at radius 3 is 2.80 bits per heavy atom. The zero-order valence-electron chi connectivity index (χ0n) is 9.81. The molecule has 0 aliphatic heterocycles. The molecule has 0 fully saturated rings. The maximum Gasteiger partial charge on any atom is 0.0802 e. The van der Waals surface area contributed by atoms with E-state index in [2.05, 4.69) is 4.57 Å². The summed E-state index contributed by atoms with van der Waals surface area (Å²) in [5.41, 5.74) is 0.988. The van der Waals surface area contributed by atoms with Crippen LogP contribution in [0.25, 0.3) is 0 Å². The maximum absolute atomic E-state index is 9.61. The first-order valence-corrected chi connectivity index (χ1v) is 5.58. The molecule has 0 aromatic carbocycles. The average molecular weight is 211 g/mol. The molecule has 3 heteroatoms. The lowest BCUT2D eigenvalue weighted by molar-refractivity contribution is 0.0727. The van der Waals surface area contributed by atoms with Crippen molar-refractivity contribution in [3.8, 4) is 0 Å². The molecule has 86 valence electrons. The van der Waals surface area contributed by atoms with Crippen molar-refractivity contribution in [3.63, 3.8) is 0 Å². The smallest absolute Gasteiger partial charge is 0.0802 e. The highest BCUT2D eigenvalue weighted by Gasteiger charge is 2.05. The van der Waals surface area contributed by atoms with E-state index in [1.54, 1.807) is 0 Å². The monoisotopic (exact) mass is 211 g/mol. The predicted molar refractivity (Wildman–Crippen MR) is 60.8 cm³/mol. The van der Waals surface area contributed by atoms with Crippen LogP contribution in [0.3, 0.4) is 0 Å². The third kappa shape index (κ3) is 4.06. The van der Waals surface area contributed by atoms with Crippen molar-refractivity contribution in [1.29, 1.82) is 0 Å². The van der Waals surface area contributed by atoms with Gasteiger partial charge in [0, 0.05) is 18.9 Å². The summed E-state index contributed by atoms with van der Waals surface area (Å²) in [6.07, 6.45) is 4.67. The SMILES string of the molecule is CCC(O)c1ccn(CCOC(C)C)c1. The zero-order chi connectivity index (χ0) is 11.3. The Balaban J connectivity index is 2.39. The Labute approximate surface area is 91.7 Å². The number of aromatic nitrogens is 1. The van der Waals surface area contributed by atoms with Crippen LogP contribution in [-0.4, -0.2) is 22.4 Å². The van der Waals surface area contributed by atoms with Crippen LogP contribution in [0.15, 0.2) is 18.5 Å². The lowest BCUT2D eigenvalue weighted by atomic mass is 10.1. The van der Waals surface area contributed by atoms with Crippen LogP contribution in [0, 0.1) is 0 Å². The molecule has 0 bridgehead atoms. The minimum Gasteiger partial charge on any atom is -0.388 e. The summed E-state index contributed by atoms with van der Waals surface area (Å²) in [5, 5.41) is 9.61. The highest BCUT2D eigenvalue weighted by Crippen LogP contribution is 2.15. The number of aliphatic hydroxyl groups excluding tert-OH is 1. The van der Waals surface area contributed by atoms with Gasteiger partial charge in [-0.15, -0.1) is 0 Å². The fourth-order valence-electron chi connectivity index (χ4n) is 1.43. The minimum absolute atomic E-state index is 0.279. The van der Waals surface area contributed by atoms with E-state index in [-0.39, 0.29) is 12.2 Å². The largest absolute Gasteiger partial charge is 0.388 e. The Kier molecular flexibility index (Phi) is 4.85. The zero-order valence-corrected chi connectivity index (χ0v) is 9.81. The van der Waals surface area contributed by atoms with E-state index in [0.717, 1.165) is 18.5 Å². The van der Waals surface area contributed by atoms with Gasteiger partial charge >= 0.3 is 0 Å². The molecule has 1 atom stereocenters. The first-order valence-electron chi connectivity index (χ1n) is 5.58. The molecule has 0 radical (unpaired) electrons. The van der Waals surface area contributed by atoms with Crippen molar-refractivity contribution in [3.05, 3.63) is 24.0 Å². The molecule has 0 saturated carbocycles. The first-order chi connectivity index (χ1) is 7.13. The molecular formula is C12H21NO2. The number of aliphatic hydroxyl groups is 1. The quantitative estimate of drug-likeness (QED) is 0.783. The van der Waals surface area contributed by atoms with Gasteiger partial charge in [0.25, 0.3) is 0 Å². The fourth-order valence-corrected chi connectivity index (χ4v) is 1.43. The number of nitrogens with zero attached hydrogens (tertiary/aromatic N) is 1. The average Bonchev–Trinajstić information content (AvgIpc) is 2.65. The van der Waals surface area contributed by atoms with Crippen molar-refractivity contribution in [2.45, 2.75) is 45.9 Å². The Morgan fingerprint density at radius 2 is 2.20 bits per heavy atom. The van der Waals surface area contributed by atoms with E-state index in [1.807, 2.05) is 39.2 Å². The summed E-state index contributed by atoms with van der Waals surface area (Å²) < 4.78 is 7.51. The van der Waals surface area contributed by atoms with Crippen molar-refractivity contribution in [2.24, 2.45) is 0 Å². The van der Waals surface area contributed by atoms with Gasteiger partial charge in [0.2, 0.25) is 0 Å². The van der Waals surface area contributed by atoms with Gasteiger partial charge < -0.3 is 14.4 Å². The van der Waals surface area contributed by atoms with Gasteiger partial charge in [-0.1, -0.05) is 6.92 Å². The number of hydrogen-bond acceptors (Lipinski definition) is 2. The highest BCUT2D eigenvalue weighted by molar-refractivity contribution is 5.13. The van der Waals surface area contributed by atoms with Crippen molar-refractivity contribution >= 4 is 0 Å². The van der Waals surface area contributed by atoms with Crippen LogP contribution in [0.5, 0.6) is 0 Å². The van der Waals surface area contributed by atoms with Gasteiger partial charge in [-0.2, -0.15) is 0 Å². The van der Waals surface area contributed by atoms with Crippen LogP contribution < -0.4 is 0 Å². The molecule has 1 unspecified atom stereocenters. The van der Waals surface area contributed by atoms with Crippen LogP contribution in [-0.2, 0) is 11.3 Å². The fraction of sp³-hybridized carbons (Fsp3) is 0.667. The molecule has 1 rings (SSSR count). The lowest BCUT2D eigenvalue weighted by Gasteiger charge is -2.08. The Hall–Kier alpha value is -0.800. The van der Waals surface area contributed by atoms with E-state index in [0.29, 0.717) is 6.61 Å². The Bertz CT molecular complexity index is 281. The van der Waals surface area contributed by atoms with Crippen molar-refractivity contribution in [2.75, 3.05) is 6.61 Å². The number of ether oxygens (including phenoxy) is 1. The molecule has 15 heavy (non-hydrogen) atoms. The summed E-state index contributed by atoms with van der Waals surface area (Å²) in [6.45, 7) is 7.59. The second-order valence-corrected chi connectivity index (χ2v) is 4.03. The normalized spacial score (nSPS) is 13.4. The van der Waals surface area contributed by atoms with Crippen LogP contribution in [0.2, 0.25) is 0 Å². The van der Waals surface area contributed by atoms with Crippen molar-refractivity contribution in [1.82, 2.24) is 4.57 Å². The standard InChI is InChI=1S/C12H21NO2/c1-4-12(14)11-5-6-13(9-11)7-8-15-10(2)3/h5-6,9-10,12,14H,4,7-8H2,1-3H3. The maximum atomic E-state index is 9.61. The Morgan fingerprint density at radius 1 is 1.47 bits per heavy atom. The summed E-state index contributed by atoms with van der Waals surface area (Å²) in [6, 6.07) is 1.96. The van der Waals surface area contributed by atoms with Gasteiger partial charge in [0.05, 0.1) is 18.8 Å². The van der Waals surface area contributed by atoms with Crippen LogP contribution >= 0.6 is 0 Å². The third-order valence-electron chi connectivity index (χ3n) is 2.35. The molecule has 0 spiro atoms. The molecule has 0 aliphatic rings. The second kappa shape index (κ2) is 5.93. The van der Waals surface area contributed by atoms with E-state index in [4.69, 9.17) is 4.74 Å². The van der Waals surface area contributed by atoms with Gasteiger partial charge in [0.15, 0.2) is 0 Å². The second-order valence-electron chi connectivity index (χ2n) is 4.03. The number of hydrogen-bond donors (Lipinski definition) is 1. The molecular weight excluding hydrogens is 190 g/mol. The molecule has 0 aliphatic carbocycles. The summed E-state index contributed by atoms with van der Waals surface area (Å²) in [5.74, 6) is 0. The minimum atomic E-state index is -0.336. The van der Waals surface area contributed by atoms with Crippen molar-refractivity contribution < 1.29 is 9.84 Å². The van der Waals surface area contributed by atoms with Crippen LogP contribution in [0.4, 0.5) is 0 Å². The molecule has 3 nitrogen and oxygen atoms in total. The lowest BCUT2D eigenvalue weighted by Crippen LogP contribution is -2.09. The van der Waals surface area contributed by atoms with E-state index < -0.39 is 0 Å². The highest BCUT2D eigenvalue weighted by atomic mass is 16.5. The molecule has 1 aromatic rings. The van der Waals surface area contributed by atoms with Crippen LogP contribution in [0.1, 0.15) is 38.9 Å².